The van der Waals surface area contributed by atoms with E-state index in [-0.39, 0.29) is 5.92 Å². The maximum Gasteiger partial charge on any atom is 0.307 e. The Morgan fingerprint density at radius 3 is 2.64 bits per heavy atom. The van der Waals surface area contributed by atoms with Crippen LogP contribution in [0.1, 0.15) is 39.5 Å². The van der Waals surface area contributed by atoms with Crippen LogP contribution in [0.3, 0.4) is 0 Å². The van der Waals surface area contributed by atoms with E-state index in [1.165, 1.54) is 6.42 Å². The van der Waals surface area contributed by atoms with Crippen molar-refractivity contribution >= 4 is 17.7 Å². The smallest absolute Gasteiger partial charge is 0.307 e. The molecule has 2 nitrogen and oxygen atoms in total. The summed E-state index contributed by atoms with van der Waals surface area (Å²) in [6.45, 7) is 4.32. The van der Waals surface area contributed by atoms with Gasteiger partial charge in [-0.15, -0.1) is 0 Å². The number of thioether (sulfide) groups is 1. The number of carboxylic acid groups (broad SMARTS) is 1. The molecule has 1 saturated carbocycles. The number of hydrogen-bond donors (Lipinski definition) is 1. The molecular formula is C11H20O2S. The molecule has 0 aromatic heterocycles. The summed E-state index contributed by atoms with van der Waals surface area (Å²) >= 11 is 1.83. The molecule has 0 spiro atoms. The van der Waals surface area contributed by atoms with Crippen LogP contribution >= 0.6 is 11.8 Å². The Hall–Kier alpha value is -0.180. The zero-order valence-corrected chi connectivity index (χ0v) is 9.85. The zero-order valence-electron chi connectivity index (χ0n) is 9.03. The number of hydrogen-bond acceptors (Lipinski definition) is 2. The van der Waals surface area contributed by atoms with E-state index in [1.807, 2.05) is 11.8 Å². The van der Waals surface area contributed by atoms with E-state index in [4.69, 9.17) is 5.11 Å². The summed E-state index contributed by atoms with van der Waals surface area (Å²) in [6.07, 6.45) is 4.29. The first-order valence-electron chi connectivity index (χ1n) is 5.53. The fraction of sp³-hybridized carbons (Fsp3) is 0.909. The van der Waals surface area contributed by atoms with Crippen LogP contribution in [0.25, 0.3) is 0 Å². The second-order valence-corrected chi connectivity index (χ2v) is 5.54. The van der Waals surface area contributed by atoms with Gasteiger partial charge in [-0.05, 0) is 30.9 Å². The Morgan fingerprint density at radius 2 is 2.14 bits per heavy atom. The van der Waals surface area contributed by atoms with Gasteiger partial charge in [-0.3, -0.25) is 4.79 Å². The molecule has 0 aromatic rings. The summed E-state index contributed by atoms with van der Waals surface area (Å²) < 4.78 is 0. The molecule has 1 fully saturated rings. The fourth-order valence-electron chi connectivity index (χ4n) is 2.26. The van der Waals surface area contributed by atoms with Crippen molar-refractivity contribution in [2.75, 3.05) is 5.75 Å². The first-order valence-corrected chi connectivity index (χ1v) is 6.58. The predicted octanol–water partition coefficient (Wildman–Crippen LogP) is 3.02. The quantitative estimate of drug-likeness (QED) is 0.785. The Labute approximate surface area is 90.5 Å². The van der Waals surface area contributed by atoms with Gasteiger partial charge < -0.3 is 5.11 Å². The van der Waals surface area contributed by atoms with Crippen LogP contribution in [0.5, 0.6) is 0 Å². The highest BCUT2D eigenvalue weighted by Gasteiger charge is 2.34. The molecule has 0 aliphatic heterocycles. The summed E-state index contributed by atoms with van der Waals surface area (Å²) in [6, 6.07) is 0. The maximum absolute atomic E-state index is 11.0. The molecule has 0 saturated heterocycles. The predicted molar refractivity (Wildman–Crippen MR) is 60.7 cm³/mol. The van der Waals surface area contributed by atoms with E-state index < -0.39 is 5.97 Å². The van der Waals surface area contributed by atoms with Gasteiger partial charge in [0.25, 0.3) is 0 Å². The van der Waals surface area contributed by atoms with Crippen LogP contribution in [-0.4, -0.2) is 22.1 Å². The van der Waals surface area contributed by atoms with E-state index in [0.717, 1.165) is 30.9 Å². The van der Waals surface area contributed by atoms with Crippen molar-refractivity contribution in [3.8, 4) is 0 Å². The highest BCUT2D eigenvalue weighted by molar-refractivity contribution is 7.99. The lowest BCUT2D eigenvalue weighted by Gasteiger charge is -2.32. The molecule has 0 aromatic carbocycles. The molecule has 3 atom stereocenters. The molecule has 0 bridgehead atoms. The summed E-state index contributed by atoms with van der Waals surface area (Å²) in [4.78, 5) is 11.0. The maximum atomic E-state index is 11.0. The molecule has 0 amide bonds. The zero-order chi connectivity index (χ0) is 10.6. The van der Waals surface area contributed by atoms with Gasteiger partial charge in [0.1, 0.15) is 0 Å². The summed E-state index contributed by atoms with van der Waals surface area (Å²) in [5.41, 5.74) is 0. The van der Waals surface area contributed by atoms with Crippen LogP contribution in [-0.2, 0) is 4.79 Å². The van der Waals surface area contributed by atoms with Gasteiger partial charge in [-0.1, -0.05) is 20.3 Å². The second-order valence-electron chi connectivity index (χ2n) is 4.03. The van der Waals surface area contributed by atoms with Crippen molar-refractivity contribution in [3.05, 3.63) is 0 Å². The third-order valence-corrected chi connectivity index (χ3v) is 4.46. The first-order chi connectivity index (χ1) is 6.69. The molecule has 3 unspecified atom stereocenters. The molecule has 82 valence electrons. The van der Waals surface area contributed by atoms with Gasteiger partial charge in [0, 0.05) is 5.25 Å². The van der Waals surface area contributed by atoms with E-state index >= 15 is 0 Å². The fourth-order valence-corrected chi connectivity index (χ4v) is 3.58. The van der Waals surface area contributed by atoms with Gasteiger partial charge in [0.2, 0.25) is 0 Å². The molecule has 1 N–H and O–H groups in total. The standard InChI is InChI=1S/C11H20O2S/c1-3-8-5-6-9(11(12)13)10(7-8)14-4-2/h8-10H,3-7H2,1-2H3,(H,12,13). The summed E-state index contributed by atoms with van der Waals surface area (Å²) in [5, 5.41) is 9.44. The van der Waals surface area contributed by atoms with E-state index in [9.17, 15) is 4.79 Å². The van der Waals surface area contributed by atoms with Crippen LogP contribution in [0, 0.1) is 11.8 Å². The molecule has 0 radical (unpaired) electrons. The summed E-state index contributed by atoms with van der Waals surface area (Å²) in [5.74, 6) is 1.10. The average molecular weight is 216 g/mol. The SMILES string of the molecule is CCSC1CC(CC)CCC1C(=O)O. The van der Waals surface area contributed by atoms with Crippen LogP contribution in [0.2, 0.25) is 0 Å². The third-order valence-electron chi connectivity index (χ3n) is 3.18. The Bertz CT molecular complexity index is 194. The number of aliphatic carboxylic acids is 1. The Morgan fingerprint density at radius 1 is 1.43 bits per heavy atom. The molecule has 1 aliphatic carbocycles. The molecular weight excluding hydrogens is 196 g/mol. The molecule has 1 aliphatic rings. The van der Waals surface area contributed by atoms with E-state index in [0.29, 0.717) is 5.25 Å². The second kappa shape index (κ2) is 5.64. The number of carboxylic acids is 1. The van der Waals surface area contributed by atoms with Gasteiger partial charge in [-0.2, -0.15) is 11.8 Å². The molecule has 14 heavy (non-hydrogen) atoms. The normalized spacial score (nSPS) is 32.9. The molecule has 1 rings (SSSR count). The van der Waals surface area contributed by atoms with Crippen molar-refractivity contribution in [1.82, 2.24) is 0 Å². The van der Waals surface area contributed by atoms with Crippen molar-refractivity contribution in [3.63, 3.8) is 0 Å². The van der Waals surface area contributed by atoms with Gasteiger partial charge in [0.05, 0.1) is 5.92 Å². The summed E-state index contributed by atoms with van der Waals surface area (Å²) in [7, 11) is 0. The van der Waals surface area contributed by atoms with Crippen molar-refractivity contribution < 1.29 is 9.90 Å². The number of carbonyl (C=O) groups is 1. The molecule has 0 heterocycles. The van der Waals surface area contributed by atoms with Gasteiger partial charge in [-0.25, -0.2) is 0 Å². The monoisotopic (exact) mass is 216 g/mol. The minimum Gasteiger partial charge on any atom is -0.481 e. The van der Waals surface area contributed by atoms with Gasteiger partial charge >= 0.3 is 5.97 Å². The van der Waals surface area contributed by atoms with E-state index in [2.05, 4.69) is 13.8 Å². The van der Waals surface area contributed by atoms with E-state index in [1.54, 1.807) is 0 Å². The van der Waals surface area contributed by atoms with Crippen molar-refractivity contribution in [2.24, 2.45) is 11.8 Å². The first kappa shape index (κ1) is 11.9. The Kier molecular flexibility index (Phi) is 4.79. The minimum atomic E-state index is -0.592. The lowest BCUT2D eigenvalue weighted by Crippen LogP contribution is -2.32. The van der Waals surface area contributed by atoms with Crippen LogP contribution in [0.4, 0.5) is 0 Å². The highest BCUT2D eigenvalue weighted by Crippen LogP contribution is 2.37. The third kappa shape index (κ3) is 2.91. The topological polar surface area (TPSA) is 37.3 Å². The van der Waals surface area contributed by atoms with Crippen molar-refractivity contribution in [2.45, 2.75) is 44.8 Å². The highest BCUT2D eigenvalue weighted by atomic mass is 32.2. The number of rotatable bonds is 4. The van der Waals surface area contributed by atoms with Crippen molar-refractivity contribution in [1.29, 1.82) is 0 Å². The van der Waals surface area contributed by atoms with Gasteiger partial charge in [0.15, 0.2) is 0 Å². The van der Waals surface area contributed by atoms with Crippen LogP contribution < -0.4 is 0 Å². The average Bonchev–Trinajstić information content (AvgIpc) is 2.17. The largest absolute Gasteiger partial charge is 0.481 e. The Balaban J connectivity index is 2.55. The lowest BCUT2D eigenvalue weighted by molar-refractivity contribution is -0.142. The molecule has 3 heteroatoms. The lowest BCUT2D eigenvalue weighted by atomic mass is 9.80. The minimum absolute atomic E-state index is 0.0947. The van der Waals surface area contributed by atoms with Crippen LogP contribution in [0.15, 0.2) is 0 Å².